The number of anilines is 1. The summed E-state index contributed by atoms with van der Waals surface area (Å²) < 4.78 is 5.73. The summed E-state index contributed by atoms with van der Waals surface area (Å²) in [5.74, 6) is 0.238. The molecule has 0 bridgehead atoms. The molecule has 0 saturated carbocycles. The second-order valence-corrected chi connectivity index (χ2v) is 5.60. The summed E-state index contributed by atoms with van der Waals surface area (Å²) in [4.78, 5) is 20.8. The molecule has 0 spiro atoms. The number of aromatic nitrogens is 2. The maximum Gasteiger partial charge on any atom is 0.293 e. The van der Waals surface area contributed by atoms with Crippen LogP contribution in [0.1, 0.15) is 40.3 Å². The highest BCUT2D eigenvalue weighted by Crippen LogP contribution is 2.23. The van der Waals surface area contributed by atoms with Crippen molar-refractivity contribution in [2.24, 2.45) is 0 Å². The fourth-order valence-corrected chi connectivity index (χ4v) is 2.74. The molecular formula is C14H14BrN3O2. The number of aryl methyl sites for hydroxylation is 2. The van der Waals surface area contributed by atoms with Crippen molar-refractivity contribution in [3.63, 3.8) is 0 Å². The van der Waals surface area contributed by atoms with Gasteiger partial charge in [-0.2, -0.15) is 0 Å². The van der Waals surface area contributed by atoms with E-state index in [1.165, 1.54) is 12.0 Å². The highest BCUT2D eigenvalue weighted by Gasteiger charge is 2.17. The van der Waals surface area contributed by atoms with Crippen LogP contribution < -0.4 is 5.32 Å². The van der Waals surface area contributed by atoms with Crippen molar-refractivity contribution in [2.45, 2.75) is 32.6 Å². The maximum atomic E-state index is 12.0. The molecule has 1 aliphatic carbocycles. The summed E-state index contributed by atoms with van der Waals surface area (Å²) in [6, 6.07) is 3.28. The van der Waals surface area contributed by atoms with Gasteiger partial charge >= 0.3 is 0 Å². The summed E-state index contributed by atoms with van der Waals surface area (Å²) in [5, 5.41) is 2.69. The van der Waals surface area contributed by atoms with Gasteiger partial charge in [-0.25, -0.2) is 9.97 Å². The topological polar surface area (TPSA) is 68.0 Å². The largest absolute Gasteiger partial charge is 0.444 e. The standard InChI is InChI=1S/C14H14BrN3O2/c1-8-9-4-2-3-5-10(9)17-14(16-8)18-13(19)11-6-7-12(15)20-11/h6-7H,2-5H2,1H3,(H,16,17,18,19). The second kappa shape index (κ2) is 5.36. The Morgan fingerprint density at radius 3 is 2.85 bits per heavy atom. The zero-order chi connectivity index (χ0) is 14.1. The molecule has 1 amide bonds. The lowest BCUT2D eigenvalue weighted by atomic mass is 9.95. The van der Waals surface area contributed by atoms with Crippen molar-refractivity contribution in [3.05, 3.63) is 39.5 Å². The first-order chi connectivity index (χ1) is 9.63. The number of halogens is 1. The van der Waals surface area contributed by atoms with E-state index in [1.807, 2.05) is 6.92 Å². The third kappa shape index (κ3) is 2.60. The van der Waals surface area contributed by atoms with E-state index in [4.69, 9.17) is 4.42 Å². The molecular weight excluding hydrogens is 322 g/mol. The molecule has 1 aliphatic rings. The van der Waals surface area contributed by atoms with Gasteiger partial charge < -0.3 is 4.42 Å². The fraction of sp³-hybridized carbons (Fsp3) is 0.357. The van der Waals surface area contributed by atoms with Crippen molar-refractivity contribution in [2.75, 3.05) is 5.32 Å². The Balaban J connectivity index is 1.84. The molecule has 2 aromatic heterocycles. The van der Waals surface area contributed by atoms with Gasteiger partial charge in [-0.1, -0.05) is 0 Å². The van der Waals surface area contributed by atoms with Crippen LogP contribution in [0.4, 0.5) is 5.95 Å². The van der Waals surface area contributed by atoms with Crippen LogP contribution in [0.15, 0.2) is 21.2 Å². The molecule has 0 fully saturated rings. The first-order valence-electron chi connectivity index (χ1n) is 6.56. The van der Waals surface area contributed by atoms with Gasteiger partial charge in [-0.15, -0.1) is 0 Å². The van der Waals surface area contributed by atoms with Gasteiger partial charge in [0.25, 0.3) is 5.91 Å². The first-order valence-corrected chi connectivity index (χ1v) is 7.36. The Bertz CT molecular complexity index is 666. The molecule has 0 saturated heterocycles. The Morgan fingerprint density at radius 2 is 2.10 bits per heavy atom. The highest BCUT2D eigenvalue weighted by molar-refractivity contribution is 9.10. The summed E-state index contributed by atoms with van der Waals surface area (Å²) >= 11 is 3.17. The van der Waals surface area contributed by atoms with Gasteiger partial charge in [-0.3, -0.25) is 10.1 Å². The van der Waals surface area contributed by atoms with Gasteiger partial charge in [0.2, 0.25) is 5.95 Å². The van der Waals surface area contributed by atoms with E-state index in [0.717, 1.165) is 30.7 Å². The number of hydrogen-bond donors (Lipinski definition) is 1. The molecule has 0 aliphatic heterocycles. The number of rotatable bonds is 2. The average Bonchev–Trinajstić information content (AvgIpc) is 2.86. The minimum atomic E-state index is -0.342. The molecule has 5 nitrogen and oxygen atoms in total. The Kier molecular flexibility index (Phi) is 3.56. The molecule has 6 heteroatoms. The van der Waals surface area contributed by atoms with E-state index in [2.05, 4.69) is 31.2 Å². The summed E-state index contributed by atoms with van der Waals surface area (Å²) in [5.41, 5.74) is 3.24. The number of carbonyl (C=O) groups is 1. The molecule has 1 N–H and O–H groups in total. The zero-order valence-corrected chi connectivity index (χ0v) is 12.7. The van der Waals surface area contributed by atoms with Crippen molar-refractivity contribution in [1.29, 1.82) is 0 Å². The van der Waals surface area contributed by atoms with Crippen LogP contribution in [0.5, 0.6) is 0 Å². The van der Waals surface area contributed by atoms with Crippen LogP contribution >= 0.6 is 15.9 Å². The normalized spacial score (nSPS) is 13.9. The van der Waals surface area contributed by atoms with Crippen molar-refractivity contribution >= 4 is 27.8 Å². The summed E-state index contributed by atoms with van der Waals surface area (Å²) in [6.07, 6.45) is 4.31. The molecule has 0 radical (unpaired) electrons. The number of nitrogens with zero attached hydrogens (tertiary/aromatic N) is 2. The number of amides is 1. The van der Waals surface area contributed by atoms with Crippen LogP contribution in [0.25, 0.3) is 0 Å². The van der Waals surface area contributed by atoms with Gasteiger partial charge in [0.05, 0.1) is 0 Å². The third-order valence-corrected chi connectivity index (χ3v) is 3.84. The van der Waals surface area contributed by atoms with Gasteiger partial charge in [-0.05, 0) is 66.2 Å². The van der Waals surface area contributed by atoms with E-state index in [0.29, 0.717) is 10.6 Å². The van der Waals surface area contributed by atoms with Crippen LogP contribution in [0, 0.1) is 6.92 Å². The van der Waals surface area contributed by atoms with Crippen molar-refractivity contribution in [3.8, 4) is 0 Å². The zero-order valence-electron chi connectivity index (χ0n) is 11.1. The van der Waals surface area contributed by atoms with Crippen LogP contribution in [-0.4, -0.2) is 15.9 Å². The molecule has 2 heterocycles. The maximum absolute atomic E-state index is 12.0. The Hall–Kier alpha value is -1.69. The van der Waals surface area contributed by atoms with E-state index in [9.17, 15) is 4.79 Å². The lowest BCUT2D eigenvalue weighted by Gasteiger charge is -2.17. The predicted molar refractivity (Wildman–Crippen MR) is 77.8 cm³/mol. The number of fused-ring (bicyclic) bond motifs is 1. The molecule has 20 heavy (non-hydrogen) atoms. The number of hydrogen-bond acceptors (Lipinski definition) is 4. The summed E-state index contributed by atoms with van der Waals surface area (Å²) in [7, 11) is 0. The molecule has 104 valence electrons. The lowest BCUT2D eigenvalue weighted by Crippen LogP contribution is -2.17. The number of carbonyl (C=O) groups excluding carboxylic acids is 1. The van der Waals surface area contributed by atoms with Crippen molar-refractivity contribution in [1.82, 2.24) is 9.97 Å². The molecule has 0 atom stereocenters. The SMILES string of the molecule is Cc1nc(NC(=O)c2ccc(Br)o2)nc2c1CCCC2. The van der Waals surface area contributed by atoms with Crippen LogP contribution in [0.2, 0.25) is 0 Å². The summed E-state index contributed by atoms with van der Waals surface area (Å²) in [6.45, 7) is 1.96. The van der Waals surface area contributed by atoms with Crippen LogP contribution in [0.3, 0.4) is 0 Å². The molecule has 0 aromatic carbocycles. The fourth-order valence-electron chi connectivity index (χ4n) is 2.44. The number of furan rings is 1. The van der Waals surface area contributed by atoms with E-state index in [-0.39, 0.29) is 11.7 Å². The Labute approximate surface area is 124 Å². The minimum absolute atomic E-state index is 0.232. The smallest absolute Gasteiger partial charge is 0.293 e. The average molecular weight is 336 g/mol. The van der Waals surface area contributed by atoms with E-state index in [1.54, 1.807) is 12.1 Å². The predicted octanol–water partition coefficient (Wildman–Crippen LogP) is 3.27. The minimum Gasteiger partial charge on any atom is -0.444 e. The highest BCUT2D eigenvalue weighted by atomic mass is 79.9. The monoisotopic (exact) mass is 335 g/mol. The van der Waals surface area contributed by atoms with Gasteiger partial charge in [0.15, 0.2) is 10.4 Å². The molecule has 3 rings (SSSR count). The molecule has 0 unspecified atom stereocenters. The third-order valence-electron chi connectivity index (χ3n) is 3.41. The quantitative estimate of drug-likeness (QED) is 0.914. The number of nitrogens with one attached hydrogen (secondary N) is 1. The van der Waals surface area contributed by atoms with Gasteiger partial charge in [0.1, 0.15) is 0 Å². The second-order valence-electron chi connectivity index (χ2n) is 4.82. The lowest BCUT2D eigenvalue weighted by molar-refractivity contribution is 0.0994. The van der Waals surface area contributed by atoms with Crippen LogP contribution in [-0.2, 0) is 12.8 Å². The van der Waals surface area contributed by atoms with E-state index < -0.39 is 0 Å². The van der Waals surface area contributed by atoms with Crippen molar-refractivity contribution < 1.29 is 9.21 Å². The first kappa shape index (κ1) is 13.3. The van der Waals surface area contributed by atoms with Gasteiger partial charge in [0, 0.05) is 11.4 Å². The van der Waals surface area contributed by atoms with E-state index >= 15 is 0 Å². The Morgan fingerprint density at radius 1 is 1.30 bits per heavy atom. The molecule has 2 aromatic rings.